The lowest BCUT2D eigenvalue weighted by molar-refractivity contribution is -0.297. The minimum Gasteiger partial charge on any atom is -0.431 e. The number of hydrogen-bond donors (Lipinski definition) is 0. The SMILES string of the molecule is [2H]C([2H])(Br)[C@]1(C(C)(C)C)OC(=O)C[C@@H](C)O1. The van der Waals surface area contributed by atoms with E-state index in [0.717, 1.165) is 0 Å². The van der Waals surface area contributed by atoms with Gasteiger partial charge in [0.25, 0.3) is 0 Å². The molecule has 0 N–H and O–H groups in total. The van der Waals surface area contributed by atoms with Crippen molar-refractivity contribution in [3.8, 4) is 0 Å². The summed E-state index contributed by atoms with van der Waals surface area (Å²) in [6.45, 7) is 7.06. The summed E-state index contributed by atoms with van der Waals surface area (Å²) in [4.78, 5) is 11.5. The van der Waals surface area contributed by atoms with Crippen molar-refractivity contribution in [3.63, 3.8) is 0 Å². The summed E-state index contributed by atoms with van der Waals surface area (Å²) >= 11 is 2.92. The molecule has 0 aromatic carbocycles. The number of carbonyl (C=O) groups is 1. The maximum Gasteiger partial charge on any atom is 0.310 e. The molecule has 0 saturated carbocycles. The first-order valence-corrected chi connectivity index (χ1v) is 5.37. The van der Waals surface area contributed by atoms with Crippen LogP contribution in [0.4, 0.5) is 0 Å². The Kier molecular flexibility index (Phi) is 2.50. The number of rotatable bonds is 1. The highest BCUT2D eigenvalue weighted by molar-refractivity contribution is 9.09. The fraction of sp³-hybridized carbons (Fsp3) is 0.900. The van der Waals surface area contributed by atoms with Crippen molar-refractivity contribution in [3.05, 3.63) is 0 Å². The Labute approximate surface area is 96.1 Å². The molecule has 0 aromatic rings. The van der Waals surface area contributed by atoms with E-state index in [9.17, 15) is 4.79 Å². The van der Waals surface area contributed by atoms with Crippen molar-refractivity contribution < 1.29 is 17.0 Å². The Bertz CT molecular complexity index is 279. The largest absolute Gasteiger partial charge is 0.431 e. The maximum atomic E-state index is 11.5. The lowest BCUT2D eigenvalue weighted by Crippen LogP contribution is -2.55. The zero-order chi connectivity index (χ0) is 12.8. The quantitative estimate of drug-likeness (QED) is 0.541. The van der Waals surface area contributed by atoms with Crippen LogP contribution in [0.25, 0.3) is 0 Å². The highest BCUT2D eigenvalue weighted by Gasteiger charge is 2.50. The van der Waals surface area contributed by atoms with E-state index in [1.54, 1.807) is 27.7 Å². The molecule has 0 amide bonds. The van der Waals surface area contributed by atoms with Crippen molar-refractivity contribution in [2.45, 2.75) is 46.0 Å². The number of hydrogen-bond acceptors (Lipinski definition) is 3. The van der Waals surface area contributed by atoms with Gasteiger partial charge in [-0.15, -0.1) is 0 Å². The molecule has 1 aliphatic heterocycles. The first kappa shape index (κ1) is 9.16. The third kappa shape index (κ3) is 2.11. The first-order valence-electron chi connectivity index (χ1n) is 5.58. The third-order valence-corrected chi connectivity index (χ3v) is 2.71. The molecule has 1 heterocycles. The van der Waals surface area contributed by atoms with Crippen molar-refractivity contribution in [1.29, 1.82) is 0 Å². The fourth-order valence-electron chi connectivity index (χ4n) is 1.30. The molecule has 1 saturated heterocycles. The Morgan fingerprint density at radius 1 is 1.71 bits per heavy atom. The molecular formula is C10H17BrO3. The van der Waals surface area contributed by atoms with Gasteiger partial charge in [-0.2, -0.15) is 0 Å². The molecule has 0 bridgehead atoms. The standard InChI is InChI=1S/C10H17BrO3/c1-7-5-8(12)14-10(6-11,13-7)9(2,3)4/h7H,5-6H2,1-4H3/t7-,10-/m1/s1/i6D2. The van der Waals surface area contributed by atoms with Gasteiger partial charge in [0.05, 0.1) is 17.8 Å². The number of carbonyl (C=O) groups excluding carboxylic acids is 1. The van der Waals surface area contributed by atoms with Gasteiger partial charge >= 0.3 is 5.97 Å². The van der Waals surface area contributed by atoms with E-state index in [0.29, 0.717) is 0 Å². The molecule has 0 spiro atoms. The first-order chi connectivity index (χ1) is 6.99. The van der Waals surface area contributed by atoms with Gasteiger partial charge in [0.2, 0.25) is 5.79 Å². The van der Waals surface area contributed by atoms with E-state index < -0.39 is 22.5 Å². The molecule has 14 heavy (non-hydrogen) atoms. The number of ether oxygens (including phenoxy) is 2. The van der Waals surface area contributed by atoms with E-state index in [1.807, 2.05) is 0 Å². The molecule has 1 aliphatic rings. The summed E-state index contributed by atoms with van der Waals surface area (Å²) in [6, 6.07) is 0. The molecule has 0 radical (unpaired) electrons. The highest BCUT2D eigenvalue weighted by Crippen LogP contribution is 2.40. The van der Waals surface area contributed by atoms with E-state index in [2.05, 4.69) is 15.9 Å². The van der Waals surface area contributed by atoms with Crippen molar-refractivity contribution in [2.75, 3.05) is 5.28 Å². The van der Waals surface area contributed by atoms with Crippen molar-refractivity contribution in [2.24, 2.45) is 5.41 Å². The van der Waals surface area contributed by atoms with Gasteiger partial charge < -0.3 is 9.47 Å². The molecule has 0 aliphatic carbocycles. The topological polar surface area (TPSA) is 35.5 Å². The molecule has 0 unspecified atom stereocenters. The normalized spacial score (nSPS) is 37.2. The zero-order valence-electron chi connectivity index (χ0n) is 10.9. The minimum atomic E-state index is -1.94. The second kappa shape index (κ2) is 3.81. The highest BCUT2D eigenvalue weighted by atomic mass is 79.9. The van der Waals surface area contributed by atoms with Crippen LogP contribution in [0.15, 0.2) is 0 Å². The molecule has 3 nitrogen and oxygen atoms in total. The Hall–Kier alpha value is -0.0900. The van der Waals surface area contributed by atoms with Gasteiger partial charge in [-0.05, 0) is 6.92 Å². The smallest absolute Gasteiger partial charge is 0.310 e. The van der Waals surface area contributed by atoms with Gasteiger partial charge in [0.15, 0.2) is 0 Å². The van der Waals surface area contributed by atoms with Crippen molar-refractivity contribution >= 4 is 21.9 Å². The van der Waals surface area contributed by atoms with Gasteiger partial charge in [-0.3, -0.25) is 4.79 Å². The average Bonchev–Trinajstić information content (AvgIpc) is 1.97. The predicted octanol–water partition coefficient (Wildman–Crippen LogP) is 2.48. The lowest BCUT2D eigenvalue weighted by atomic mass is 9.85. The van der Waals surface area contributed by atoms with Crippen LogP contribution in [0, 0.1) is 5.41 Å². The minimum absolute atomic E-state index is 0.154. The molecule has 1 rings (SSSR count). The molecule has 0 aromatic heterocycles. The van der Waals surface area contributed by atoms with E-state index in [1.165, 1.54) is 0 Å². The van der Waals surface area contributed by atoms with Crippen LogP contribution in [0.5, 0.6) is 0 Å². The summed E-state index contributed by atoms with van der Waals surface area (Å²) in [6.07, 6.45) is -0.200. The number of esters is 1. The summed E-state index contributed by atoms with van der Waals surface area (Å²) in [7, 11) is 0. The third-order valence-electron chi connectivity index (χ3n) is 2.19. The molecule has 82 valence electrons. The van der Waals surface area contributed by atoms with E-state index >= 15 is 0 Å². The zero-order valence-corrected chi connectivity index (χ0v) is 10.5. The van der Waals surface area contributed by atoms with Crippen LogP contribution in [0.2, 0.25) is 0 Å². The molecular weight excluding hydrogens is 248 g/mol. The molecule has 1 fully saturated rings. The van der Waals surface area contributed by atoms with Crippen LogP contribution >= 0.6 is 15.9 Å². The van der Waals surface area contributed by atoms with Gasteiger partial charge in [-0.1, -0.05) is 36.7 Å². The molecule has 4 heteroatoms. The van der Waals surface area contributed by atoms with Crippen LogP contribution in [0.3, 0.4) is 0 Å². The van der Waals surface area contributed by atoms with Crippen LogP contribution in [0.1, 0.15) is 36.9 Å². The Balaban J connectivity index is 3.20. The van der Waals surface area contributed by atoms with Crippen molar-refractivity contribution in [1.82, 2.24) is 0 Å². The van der Waals surface area contributed by atoms with Gasteiger partial charge in [-0.25, -0.2) is 0 Å². The summed E-state index contributed by atoms with van der Waals surface area (Å²) in [5.74, 6) is -2.04. The van der Waals surface area contributed by atoms with Crippen LogP contribution in [-0.2, 0) is 14.3 Å². The second-order valence-electron chi connectivity index (χ2n) is 4.57. The number of halogens is 1. The second-order valence-corrected chi connectivity index (χ2v) is 4.96. The van der Waals surface area contributed by atoms with Gasteiger partial charge in [0.1, 0.15) is 0 Å². The predicted molar refractivity (Wildman–Crippen MR) is 57.2 cm³/mol. The number of alkyl halides is 1. The fourth-order valence-corrected chi connectivity index (χ4v) is 2.07. The van der Waals surface area contributed by atoms with E-state index in [-0.39, 0.29) is 12.5 Å². The Morgan fingerprint density at radius 3 is 2.64 bits per heavy atom. The summed E-state index contributed by atoms with van der Waals surface area (Å²) in [5.41, 5.74) is -0.676. The summed E-state index contributed by atoms with van der Waals surface area (Å²) in [5, 5.41) is -1.94. The summed E-state index contributed by atoms with van der Waals surface area (Å²) < 4.78 is 26.4. The lowest BCUT2D eigenvalue weighted by Gasteiger charge is -2.46. The maximum absolute atomic E-state index is 11.5. The van der Waals surface area contributed by atoms with Gasteiger partial charge in [0, 0.05) is 8.16 Å². The Morgan fingerprint density at radius 2 is 2.29 bits per heavy atom. The van der Waals surface area contributed by atoms with Crippen LogP contribution in [-0.4, -0.2) is 23.1 Å². The number of cyclic esters (lactones) is 1. The molecule has 2 atom stereocenters. The monoisotopic (exact) mass is 266 g/mol. The van der Waals surface area contributed by atoms with Crippen LogP contribution < -0.4 is 0 Å². The average molecular weight is 267 g/mol. The van der Waals surface area contributed by atoms with E-state index in [4.69, 9.17) is 12.2 Å².